The quantitative estimate of drug-likeness (QED) is 0.178. The highest BCUT2D eigenvalue weighted by molar-refractivity contribution is 5.76. The second-order valence-electron chi connectivity index (χ2n) is 13.1. The van der Waals surface area contributed by atoms with Gasteiger partial charge in [0.25, 0.3) is 0 Å². The fraction of sp³-hybridized carbons (Fsp3) is 0.421. The highest BCUT2D eigenvalue weighted by Gasteiger charge is 2.39. The third kappa shape index (κ3) is 9.29. The van der Waals surface area contributed by atoms with Crippen LogP contribution in [-0.4, -0.2) is 59.5 Å². The van der Waals surface area contributed by atoms with Crippen molar-refractivity contribution >= 4 is 12.1 Å². The Labute approximate surface area is 277 Å². The van der Waals surface area contributed by atoms with Crippen molar-refractivity contribution in [3.05, 3.63) is 108 Å². The van der Waals surface area contributed by atoms with Crippen molar-refractivity contribution < 1.29 is 33.6 Å². The van der Waals surface area contributed by atoms with Gasteiger partial charge in [0, 0.05) is 25.1 Å². The number of nitrogens with zero attached hydrogens (tertiary/aromatic N) is 1. The fourth-order valence-electron chi connectivity index (χ4n) is 6.10. The highest BCUT2D eigenvalue weighted by atomic mass is 16.7. The Morgan fingerprint density at radius 2 is 1.74 bits per heavy atom. The number of esters is 1. The van der Waals surface area contributed by atoms with Crippen LogP contribution in [0.3, 0.4) is 0 Å². The summed E-state index contributed by atoms with van der Waals surface area (Å²) in [6, 6.07) is 23.5. The highest BCUT2D eigenvalue weighted by Crippen LogP contribution is 2.39. The number of benzene rings is 3. The van der Waals surface area contributed by atoms with Crippen LogP contribution in [0.2, 0.25) is 0 Å². The first-order chi connectivity index (χ1) is 22.6. The maximum atomic E-state index is 13.1. The molecular formula is C38H46N2O7. The largest absolute Gasteiger partial charge is 0.459 e. The van der Waals surface area contributed by atoms with Gasteiger partial charge in [-0.05, 0) is 68.0 Å². The van der Waals surface area contributed by atoms with Gasteiger partial charge in [-0.25, -0.2) is 4.79 Å². The molecule has 47 heavy (non-hydrogen) atoms. The molecule has 0 aliphatic carbocycles. The van der Waals surface area contributed by atoms with Crippen LogP contribution in [0.15, 0.2) is 85.5 Å². The molecule has 2 fully saturated rings. The summed E-state index contributed by atoms with van der Waals surface area (Å²) >= 11 is 0. The topological polar surface area (TPSA) is 107 Å². The number of aliphatic hydroxyl groups excluding tert-OH is 1. The van der Waals surface area contributed by atoms with Crippen molar-refractivity contribution in [2.75, 3.05) is 19.7 Å². The molecule has 4 atom stereocenters. The molecule has 250 valence electrons. The van der Waals surface area contributed by atoms with Gasteiger partial charge in [-0.1, -0.05) is 85.5 Å². The lowest BCUT2D eigenvalue weighted by atomic mass is 9.97. The molecule has 3 aromatic rings. The minimum Gasteiger partial charge on any atom is -0.459 e. The first kappa shape index (κ1) is 34.3. The summed E-state index contributed by atoms with van der Waals surface area (Å²) in [4.78, 5) is 27.2. The maximum Gasteiger partial charge on any atom is 0.407 e. The summed E-state index contributed by atoms with van der Waals surface area (Å²) in [5.74, 6) is -0.186. The molecule has 9 nitrogen and oxygen atoms in total. The van der Waals surface area contributed by atoms with Gasteiger partial charge in [0.1, 0.15) is 18.2 Å². The standard InChI is InChI=1S/C38H46N2O7/c1-5-21-44-37(43)39-23-30-9-6-7-10-32(30)27-16-18-29(19-17-27)36-45-31(22-34(46-36)28-14-12-26(25-41)13-15-28)24-40-20-8-11-33(40)35(42)47-38(2,3)4/h5-7,9-10,12-19,31,33-34,36,41H,1,8,11,20-25H2,2-4H3,(H,39,43). The van der Waals surface area contributed by atoms with E-state index >= 15 is 0 Å². The summed E-state index contributed by atoms with van der Waals surface area (Å²) in [7, 11) is 0. The molecule has 0 aromatic heterocycles. The lowest BCUT2D eigenvalue weighted by Crippen LogP contribution is -2.45. The van der Waals surface area contributed by atoms with E-state index in [1.54, 1.807) is 0 Å². The fourth-order valence-corrected chi connectivity index (χ4v) is 6.10. The van der Waals surface area contributed by atoms with Crippen LogP contribution in [-0.2, 0) is 36.9 Å². The van der Waals surface area contributed by atoms with Gasteiger partial charge in [0.2, 0.25) is 0 Å². The molecule has 5 rings (SSSR count). The molecule has 2 N–H and O–H groups in total. The monoisotopic (exact) mass is 642 g/mol. The number of hydrogen-bond donors (Lipinski definition) is 2. The average molecular weight is 643 g/mol. The lowest BCUT2D eigenvalue weighted by molar-refractivity contribution is -0.253. The first-order valence-electron chi connectivity index (χ1n) is 16.3. The van der Waals surface area contributed by atoms with E-state index in [4.69, 9.17) is 18.9 Å². The van der Waals surface area contributed by atoms with E-state index in [0.717, 1.165) is 52.8 Å². The molecule has 9 heteroatoms. The number of aliphatic hydroxyl groups is 1. The van der Waals surface area contributed by atoms with Gasteiger partial charge in [0.05, 0.1) is 18.8 Å². The molecule has 0 spiro atoms. The number of hydrogen-bond acceptors (Lipinski definition) is 8. The summed E-state index contributed by atoms with van der Waals surface area (Å²) in [6.07, 6.45) is 2.30. The van der Waals surface area contributed by atoms with Gasteiger partial charge in [-0.15, -0.1) is 0 Å². The molecule has 2 saturated heterocycles. The molecule has 0 radical (unpaired) electrons. The van der Waals surface area contributed by atoms with E-state index in [9.17, 15) is 14.7 Å². The number of carbonyl (C=O) groups excluding carboxylic acids is 2. The molecule has 0 bridgehead atoms. The molecular weight excluding hydrogens is 596 g/mol. The predicted octanol–water partition coefficient (Wildman–Crippen LogP) is 6.61. The van der Waals surface area contributed by atoms with E-state index in [0.29, 0.717) is 19.5 Å². The Hall–Kier alpha value is -4.02. The number of rotatable bonds is 11. The van der Waals surface area contributed by atoms with Crippen molar-refractivity contribution in [2.45, 2.75) is 83.3 Å². The number of carbonyl (C=O) groups is 2. The van der Waals surface area contributed by atoms with E-state index < -0.39 is 18.0 Å². The zero-order valence-corrected chi connectivity index (χ0v) is 27.5. The lowest BCUT2D eigenvalue weighted by Gasteiger charge is -2.38. The molecule has 0 saturated carbocycles. The Balaban J connectivity index is 1.34. The maximum absolute atomic E-state index is 13.1. The number of likely N-dealkylation sites (tertiary alicyclic amines) is 1. The van der Waals surface area contributed by atoms with Crippen molar-refractivity contribution in [3.63, 3.8) is 0 Å². The van der Waals surface area contributed by atoms with E-state index in [2.05, 4.69) is 16.8 Å². The number of ether oxygens (including phenoxy) is 4. The number of nitrogens with one attached hydrogen (secondary N) is 1. The zero-order valence-electron chi connectivity index (χ0n) is 27.5. The summed E-state index contributed by atoms with van der Waals surface area (Å²) in [6.45, 7) is 11.1. The second kappa shape index (κ2) is 15.7. The van der Waals surface area contributed by atoms with Crippen molar-refractivity contribution in [1.29, 1.82) is 0 Å². The van der Waals surface area contributed by atoms with E-state index in [1.807, 2.05) is 93.6 Å². The van der Waals surface area contributed by atoms with Gasteiger partial charge in [0.15, 0.2) is 6.29 Å². The first-order valence-corrected chi connectivity index (χ1v) is 16.3. The third-order valence-corrected chi connectivity index (χ3v) is 8.36. The van der Waals surface area contributed by atoms with Crippen LogP contribution in [0.25, 0.3) is 11.1 Å². The van der Waals surface area contributed by atoms with Crippen molar-refractivity contribution in [2.24, 2.45) is 0 Å². The van der Waals surface area contributed by atoms with E-state index in [-0.39, 0.29) is 37.4 Å². The molecule has 1 amide bonds. The van der Waals surface area contributed by atoms with Crippen molar-refractivity contribution in [3.8, 4) is 11.1 Å². The number of alkyl carbamates (subject to hydrolysis) is 1. The van der Waals surface area contributed by atoms with Crippen molar-refractivity contribution in [1.82, 2.24) is 10.2 Å². The van der Waals surface area contributed by atoms with Crippen LogP contribution in [0.1, 0.15) is 74.7 Å². The zero-order chi connectivity index (χ0) is 33.4. The Kier molecular flexibility index (Phi) is 11.5. The van der Waals surface area contributed by atoms with Gasteiger partial charge in [-0.3, -0.25) is 9.69 Å². The Morgan fingerprint density at radius 3 is 2.45 bits per heavy atom. The van der Waals surface area contributed by atoms with Crippen LogP contribution >= 0.6 is 0 Å². The summed E-state index contributed by atoms with van der Waals surface area (Å²) in [5.41, 5.74) is 5.13. The normalized spacial score (nSPS) is 21.6. The van der Waals surface area contributed by atoms with Crippen LogP contribution < -0.4 is 5.32 Å². The minimum atomic E-state index is -0.621. The van der Waals surface area contributed by atoms with Crippen LogP contribution in [0.4, 0.5) is 4.79 Å². The summed E-state index contributed by atoms with van der Waals surface area (Å²) < 4.78 is 24.0. The van der Waals surface area contributed by atoms with Gasteiger partial charge in [-0.2, -0.15) is 0 Å². The minimum absolute atomic E-state index is 0.0217. The molecule has 2 heterocycles. The Morgan fingerprint density at radius 1 is 1.02 bits per heavy atom. The molecule has 2 aliphatic heterocycles. The smallest absolute Gasteiger partial charge is 0.407 e. The molecule has 3 aromatic carbocycles. The molecule has 4 unspecified atom stereocenters. The predicted molar refractivity (Wildman–Crippen MR) is 179 cm³/mol. The average Bonchev–Trinajstić information content (AvgIpc) is 3.54. The molecule has 2 aliphatic rings. The van der Waals surface area contributed by atoms with Gasteiger partial charge < -0.3 is 29.4 Å². The van der Waals surface area contributed by atoms with Gasteiger partial charge >= 0.3 is 12.1 Å². The third-order valence-electron chi connectivity index (χ3n) is 8.36. The second-order valence-corrected chi connectivity index (χ2v) is 13.1. The van der Waals surface area contributed by atoms with E-state index in [1.165, 1.54) is 6.08 Å². The van der Waals surface area contributed by atoms with Crippen LogP contribution in [0.5, 0.6) is 0 Å². The Bertz CT molecular complexity index is 1500. The number of amides is 1. The van der Waals surface area contributed by atoms with Crippen LogP contribution in [0, 0.1) is 0 Å². The SMILES string of the molecule is C=CCOC(=O)NCc1ccccc1-c1ccc(C2OC(CN3CCCC3C(=O)OC(C)(C)C)CC(c3ccc(CO)cc3)O2)cc1. The summed E-state index contributed by atoms with van der Waals surface area (Å²) in [5, 5.41) is 12.4.